The summed E-state index contributed by atoms with van der Waals surface area (Å²) < 4.78 is 11.7. The van der Waals surface area contributed by atoms with Crippen molar-refractivity contribution in [3.63, 3.8) is 0 Å². The van der Waals surface area contributed by atoms with E-state index in [1.54, 1.807) is 4.90 Å². The van der Waals surface area contributed by atoms with Crippen molar-refractivity contribution in [2.24, 2.45) is 5.92 Å². The highest BCUT2D eigenvalue weighted by Crippen LogP contribution is 2.21. The van der Waals surface area contributed by atoms with Crippen molar-refractivity contribution in [1.29, 1.82) is 0 Å². The van der Waals surface area contributed by atoms with Crippen molar-refractivity contribution in [1.82, 2.24) is 19.7 Å². The van der Waals surface area contributed by atoms with Gasteiger partial charge in [0, 0.05) is 20.1 Å². The van der Waals surface area contributed by atoms with Gasteiger partial charge in [0.05, 0.1) is 19.7 Å². The lowest BCUT2D eigenvalue weighted by atomic mass is 10.1. The maximum atomic E-state index is 12.8. The molecule has 31 heavy (non-hydrogen) atoms. The number of aromatic nitrogens is 4. The fraction of sp³-hybridized carbons (Fsp3) is 0.429. The standard InChI is InChI=1S/C21H28N6O4/c1-14(2)11-17-23-16(25-31-17)13-26(12-15-7-5-4-6-8-15)18-19(22)27(9-10-30-3)21(29)24-20(18)28/h4-8,14H,9-13,22H2,1-3H3,(H,24,28,29). The molecule has 0 saturated heterocycles. The first-order valence-electron chi connectivity index (χ1n) is 10.1. The van der Waals surface area contributed by atoms with E-state index < -0.39 is 11.2 Å². The van der Waals surface area contributed by atoms with E-state index in [4.69, 9.17) is 15.0 Å². The monoisotopic (exact) mass is 428 g/mol. The Labute approximate surface area is 179 Å². The number of benzene rings is 1. The SMILES string of the molecule is COCCn1c(N)c(N(Cc2ccccc2)Cc2noc(CC(C)C)n2)c(=O)[nH]c1=O. The van der Waals surface area contributed by atoms with Crippen LogP contribution in [0.1, 0.15) is 31.1 Å². The molecule has 3 rings (SSSR count). The molecular weight excluding hydrogens is 400 g/mol. The van der Waals surface area contributed by atoms with E-state index >= 15 is 0 Å². The molecule has 10 heteroatoms. The maximum absolute atomic E-state index is 12.8. The summed E-state index contributed by atoms with van der Waals surface area (Å²) >= 11 is 0. The van der Waals surface area contributed by atoms with Gasteiger partial charge in [-0.2, -0.15) is 4.98 Å². The smallest absolute Gasteiger partial charge is 0.330 e. The van der Waals surface area contributed by atoms with E-state index in [2.05, 4.69) is 29.0 Å². The second-order valence-electron chi connectivity index (χ2n) is 7.68. The fourth-order valence-corrected chi connectivity index (χ4v) is 3.26. The van der Waals surface area contributed by atoms with Crippen molar-refractivity contribution in [2.75, 3.05) is 24.4 Å². The number of methoxy groups -OCH3 is 1. The molecule has 0 unspecified atom stereocenters. The van der Waals surface area contributed by atoms with E-state index in [0.717, 1.165) is 5.56 Å². The number of ether oxygens (including phenoxy) is 1. The van der Waals surface area contributed by atoms with Gasteiger partial charge in [-0.1, -0.05) is 49.3 Å². The number of nitrogen functional groups attached to an aromatic ring is 1. The van der Waals surface area contributed by atoms with Gasteiger partial charge >= 0.3 is 5.69 Å². The zero-order valence-corrected chi connectivity index (χ0v) is 18.0. The van der Waals surface area contributed by atoms with Gasteiger partial charge in [-0.25, -0.2) is 4.79 Å². The van der Waals surface area contributed by atoms with Gasteiger partial charge in [0.2, 0.25) is 5.89 Å². The van der Waals surface area contributed by atoms with E-state index in [1.165, 1.54) is 11.7 Å². The Morgan fingerprint density at radius 1 is 1.23 bits per heavy atom. The number of aromatic amines is 1. The van der Waals surface area contributed by atoms with Crippen LogP contribution in [-0.4, -0.2) is 33.4 Å². The zero-order chi connectivity index (χ0) is 22.4. The maximum Gasteiger partial charge on any atom is 0.330 e. The third kappa shape index (κ3) is 5.60. The molecule has 2 aromatic heterocycles. The molecule has 0 amide bonds. The summed E-state index contributed by atoms with van der Waals surface area (Å²) in [5.74, 6) is 1.40. The van der Waals surface area contributed by atoms with E-state index in [9.17, 15) is 9.59 Å². The molecule has 2 heterocycles. The van der Waals surface area contributed by atoms with Gasteiger partial charge < -0.3 is 19.9 Å². The Morgan fingerprint density at radius 2 is 1.97 bits per heavy atom. The number of nitrogens with one attached hydrogen (secondary N) is 1. The first-order chi connectivity index (χ1) is 14.9. The van der Waals surface area contributed by atoms with E-state index in [1.807, 2.05) is 30.3 Å². The minimum absolute atomic E-state index is 0.0626. The molecule has 3 aromatic rings. The summed E-state index contributed by atoms with van der Waals surface area (Å²) in [5, 5.41) is 4.06. The van der Waals surface area contributed by atoms with Crippen molar-refractivity contribution in [3.8, 4) is 0 Å². The van der Waals surface area contributed by atoms with Crippen LogP contribution in [0, 0.1) is 5.92 Å². The molecule has 10 nitrogen and oxygen atoms in total. The Hall–Kier alpha value is -3.40. The molecule has 0 bridgehead atoms. The number of hydrogen-bond acceptors (Lipinski definition) is 8. The minimum Gasteiger partial charge on any atom is -0.383 e. The highest BCUT2D eigenvalue weighted by atomic mass is 16.5. The molecule has 0 fully saturated rings. The van der Waals surface area contributed by atoms with Crippen molar-refractivity contribution >= 4 is 11.5 Å². The summed E-state index contributed by atoms with van der Waals surface area (Å²) in [4.78, 5) is 33.6. The van der Waals surface area contributed by atoms with Crippen LogP contribution in [0.4, 0.5) is 11.5 Å². The molecule has 3 N–H and O–H groups in total. The predicted octanol–water partition coefficient (Wildman–Crippen LogP) is 1.55. The topological polar surface area (TPSA) is 132 Å². The average molecular weight is 428 g/mol. The molecule has 166 valence electrons. The van der Waals surface area contributed by atoms with E-state index in [-0.39, 0.29) is 31.2 Å². The van der Waals surface area contributed by atoms with Crippen LogP contribution in [0.25, 0.3) is 0 Å². The summed E-state index contributed by atoms with van der Waals surface area (Å²) in [6.45, 7) is 5.17. The van der Waals surface area contributed by atoms with Gasteiger partial charge in [-0.05, 0) is 11.5 Å². The molecule has 0 aliphatic carbocycles. The third-order valence-corrected chi connectivity index (χ3v) is 4.69. The second kappa shape index (κ2) is 10.1. The number of nitrogens with zero attached hydrogens (tertiary/aromatic N) is 4. The number of rotatable bonds is 10. The Morgan fingerprint density at radius 3 is 2.65 bits per heavy atom. The molecule has 0 saturated carbocycles. The highest BCUT2D eigenvalue weighted by molar-refractivity contribution is 5.62. The molecule has 1 aromatic carbocycles. The summed E-state index contributed by atoms with van der Waals surface area (Å²) in [5.41, 5.74) is 6.27. The number of hydrogen-bond donors (Lipinski definition) is 2. The Bertz CT molecular complexity index is 1100. The van der Waals surface area contributed by atoms with E-state index in [0.29, 0.717) is 30.6 Å². The largest absolute Gasteiger partial charge is 0.383 e. The summed E-state index contributed by atoms with van der Waals surface area (Å²) in [6, 6.07) is 9.63. The lowest BCUT2D eigenvalue weighted by Gasteiger charge is -2.25. The van der Waals surface area contributed by atoms with Gasteiger partial charge in [0.15, 0.2) is 5.82 Å². The molecule has 0 atom stereocenters. The molecule has 0 aliphatic heterocycles. The van der Waals surface area contributed by atoms with Gasteiger partial charge in [0.1, 0.15) is 11.5 Å². The summed E-state index contributed by atoms with van der Waals surface area (Å²) in [7, 11) is 1.53. The molecule has 0 radical (unpaired) electrons. The van der Waals surface area contributed by atoms with Crippen LogP contribution in [0.3, 0.4) is 0 Å². The molecular formula is C21H28N6O4. The number of anilines is 2. The van der Waals surface area contributed by atoms with Crippen LogP contribution in [0.15, 0.2) is 44.4 Å². The van der Waals surface area contributed by atoms with Gasteiger partial charge in [-0.3, -0.25) is 14.3 Å². The highest BCUT2D eigenvalue weighted by Gasteiger charge is 2.21. The van der Waals surface area contributed by atoms with Crippen LogP contribution in [-0.2, 0) is 30.8 Å². The van der Waals surface area contributed by atoms with Crippen LogP contribution in [0.5, 0.6) is 0 Å². The predicted molar refractivity (Wildman–Crippen MR) is 117 cm³/mol. The number of nitrogens with two attached hydrogens (primary N) is 1. The number of H-pyrrole nitrogens is 1. The lowest BCUT2D eigenvalue weighted by molar-refractivity contribution is 0.186. The first-order valence-corrected chi connectivity index (χ1v) is 10.1. The third-order valence-electron chi connectivity index (χ3n) is 4.69. The summed E-state index contributed by atoms with van der Waals surface area (Å²) in [6.07, 6.45) is 0.663. The van der Waals surface area contributed by atoms with Crippen LogP contribution >= 0.6 is 0 Å². The van der Waals surface area contributed by atoms with Crippen molar-refractivity contribution in [3.05, 3.63) is 68.4 Å². The van der Waals surface area contributed by atoms with Gasteiger partial charge in [-0.15, -0.1) is 0 Å². The normalized spacial score (nSPS) is 11.2. The van der Waals surface area contributed by atoms with Crippen LogP contribution in [0.2, 0.25) is 0 Å². The fourth-order valence-electron chi connectivity index (χ4n) is 3.26. The minimum atomic E-state index is -0.582. The van der Waals surface area contributed by atoms with Crippen molar-refractivity contribution < 1.29 is 9.26 Å². The lowest BCUT2D eigenvalue weighted by Crippen LogP contribution is -2.38. The van der Waals surface area contributed by atoms with Crippen LogP contribution < -0.4 is 21.9 Å². The average Bonchev–Trinajstić information content (AvgIpc) is 3.14. The molecule has 0 aliphatic rings. The first kappa shape index (κ1) is 22.3. The van der Waals surface area contributed by atoms with Gasteiger partial charge in [0.25, 0.3) is 5.56 Å². The van der Waals surface area contributed by atoms with Crippen molar-refractivity contribution in [2.45, 2.75) is 39.9 Å². The Balaban J connectivity index is 2.01. The zero-order valence-electron chi connectivity index (χ0n) is 18.0. The second-order valence-corrected chi connectivity index (χ2v) is 7.68. The molecule has 0 spiro atoms. The Kier molecular flexibility index (Phi) is 7.24. The quantitative estimate of drug-likeness (QED) is 0.497.